The van der Waals surface area contributed by atoms with Gasteiger partial charge >= 0.3 is 92.4 Å². The van der Waals surface area contributed by atoms with Crippen molar-refractivity contribution >= 4 is 20.8 Å². The molecular weight excluding hydrogens is 261 g/mol. The van der Waals surface area contributed by atoms with Gasteiger partial charge in [-0.2, -0.15) is 0 Å². The average Bonchev–Trinajstić information content (AvgIpc) is 2.66. The predicted molar refractivity (Wildman–Crippen MR) is 57.7 cm³/mol. The van der Waals surface area contributed by atoms with Crippen molar-refractivity contribution in [2.75, 3.05) is 12.3 Å². The Hall–Kier alpha value is -1.10. The first-order chi connectivity index (χ1) is 7.20. The molecule has 1 aliphatic rings. The van der Waals surface area contributed by atoms with Crippen molar-refractivity contribution in [1.29, 1.82) is 0 Å². The van der Waals surface area contributed by atoms with Crippen molar-refractivity contribution < 1.29 is 5.11 Å². The van der Waals surface area contributed by atoms with Crippen LogP contribution in [0.4, 0.5) is 5.82 Å². The molecule has 6 heteroatoms. The second kappa shape index (κ2) is 4.18. The SMILES string of the molecule is Nc1ccn([C@H]2C=C[C@@H](CO)[Se]2)c(=O)n1. The number of nitrogens with two attached hydrogens (primary N) is 1. The van der Waals surface area contributed by atoms with Gasteiger partial charge in [0, 0.05) is 0 Å². The van der Waals surface area contributed by atoms with Gasteiger partial charge in [0.05, 0.1) is 0 Å². The van der Waals surface area contributed by atoms with Gasteiger partial charge in [0.2, 0.25) is 0 Å². The Bertz CT molecular complexity index is 443. The van der Waals surface area contributed by atoms with Gasteiger partial charge in [-0.25, -0.2) is 0 Å². The van der Waals surface area contributed by atoms with E-state index in [4.69, 9.17) is 10.8 Å². The van der Waals surface area contributed by atoms with E-state index in [-0.39, 0.29) is 42.8 Å². The number of aliphatic hydroxyl groups is 1. The van der Waals surface area contributed by atoms with Crippen molar-refractivity contribution in [2.45, 2.75) is 9.76 Å². The summed E-state index contributed by atoms with van der Waals surface area (Å²) in [7, 11) is 0. The molecule has 0 unspecified atom stereocenters. The van der Waals surface area contributed by atoms with Crippen LogP contribution >= 0.6 is 0 Å². The van der Waals surface area contributed by atoms with Crippen LogP contribution in [0.15, 0.2) is 29.2 Å². The predicted octanol–water partition coefficient (Wildman–Crippen LogP) is -0.621. The van der Waals surface area contributed by atoms with Gasteiger partial charge in [-0.3, -0.25) is 0 Å². The third kappa shape index (κ3) is 2.12. The molecule has 1 aliphatic heterocycles. The number of nitrogen functional groups attached to an aromatic ring is 1. The molecule has 0 aliphatic carbocycles. The molecule has 0 aromatic carbocycles. The normalized spacial score (nSPS) is 24.6. The minimum atomic E-state index is -0.329. The first-order valence-electron chi connectivity index (χ1n) is 4.50. The molecule has 0 amide bonds. The van der Waals surface area contributed by atoms with Crippen molar-refractivity contribution in [3.63, 3.8) is 0 Å². The maximum atomic E-state index is 11.5. The summed E-state index contributed by atoms with van der Waals surface area (Å²) in [6, 6.07) is 1.61. The van der Waals surface area contributed by atoms with Crippen LogP contribution in [-0.4, -0.2) is 36.2 Å². The summed E-state index contributed by atoms with van der Waals surface area (Å²) >= 11 is 0.163. The number of allylic oxidation sites excluding steroid dienone is 1. The zero-order valence-electron chi connectivity index (χ0n) is 7.91. The molecule has 0 saturated carbocycles. The van der Waals surface area contributed by atoms with Gasteiger partial charge in [0.15, 0.2) is 0 Å². The molecule has 3 N–H and O–H groups in total. The zero-order valence-corrected chi connectivity index (χ0v) is 9.62. The summed E-state index contributed by atoms with van der Waals surface area (Å²) in [6.45, 7) is 0.143. The third-order valence-corrected chi connectivity index (χ3v) is 4.88. The molecule has 1 aromatic heterocycles. The Morgan fingerprint density at radius 1 is 1.60 bits per heavy atom. The summed E-state index contributed by atoms with van der Waals surface area (Å²) in [5, 5.41) is 8.99. The molecule has 0 fully saturated rings. The summed E-state index contributed by atoms with van der Waals surface area (Å²) in [4.78, 5) is 15.4. The van der Waals surface area contributed by atoms with Crippen LogP contribution in [0.3, 0.4) is 0 Å². The quantitative estimate of drug-likeness (QED) is 0.555. The van der Waals surface area contributed by atoms with E-state index < -0.39 is 0 Å². The molecule has 80 valence electrons. The minimum absolute atomic E-state index is 0.0512. The van der Waals surface area contributed by atoms with Crippen LogP contribution in [0, 0.1) is 0 Å². The van der Waals surface area contributed by atoms with Gasteiger partial charge in [-0.15, -0.1) is 0 Å². The monoisotopic (exact) mass is 273 g/mol. The number of hydrogen-bond donors (Lipinski definition) is 2. The van der Waals surface area contributed by atoms with E-state index in [0.29, 0.717) is 0 Å². The number of hydrogen-bond acceptors (Lipinski definition) is 4. The molecule has 0 radical (unpaired) electrons. The Kier molecular flexibility index (Phi) is 2.90. The van der Waals surface area contributed by atoms with E-state index in [1.54, 1.807) is 16.8 Å². The number of rotatable bonds is 2. The summed E-state index contributed by atoms with van der Waals surface area (Å²) in [5.74, 6) is 0.240. The summed E-state index contributed by atoms with van der Waals surface area (Å²) < 4.78 is 1.56. The van der Waals surface area contributed by atoms with Crippen LogP contribution in [-0.2, 0) is 0 Å². The van der Waals surface area contributed by atoms with Crippen molar-refractivity contribution in [3.8, 4) is 0 Å². The van der Waals surface area contributed by atoms with Crippen LogP contribution in [0.2, 0.25) is 4.82 Å². The topological polar surface area (TPSA) is 81.1 Å². The van der Waals surface area contributed by atoms with Gasteiger partial charge in [0.25, 0.3) is 0 Å². The molecule has 2 atom stereocenters. The molecule has 1 aromatic rings. The van der Waals surface area contributed by atoms with E-state index in [9.17, 15) is 4.79 Å². The van der Waals surface area contributed by atoms with Gasteiger partial charge in [0.1, 0.15) is 0 Å². The number of aliphatic hydroxyl groups excluding tert-OH is 1. The Morgan fingerprint density at radius 2 is 2.40 bits per heavy atom. The summed E-state index contributed by atoms with van der Waals surface area (Å²) in [5.41, 5.74) is 5.07. The zero-order chi connectivity index (χ0) is 10.8. The molecule has 15 heavy (non-hydrogen) atoms. The average molecular weight is 272 g/mol. The standard InChI is InChI=1S/C9H11N3O2Se/c10-7-3-4-12(9(14)11-7)8-2-1-6(5-13)15-8/h1-4,6,8,13H,5H2,(H2,10,11,14)/t6-,8+/m0/s1. The first-order valence-corrected chi connectivity index (χ1v) is 6.48. The van der Waals surface area contributed by atoms with E-state index in [1.165, 1.54) is 0 Å². The second-order valence-electron chi connectivity index (χ2n) is 3.17. The van der Waals surface area contributed by atoms with Crippen LogP contribution in [0.1, 0.15) is 4.94 Å². The number of nitrogens with zero attached hydrogens (tertiary/aromatic N) is 2. The van der Waals surface area contributed by atoms with Crippen LogP contribution in [0.25, 0.3) is 0 Å². The molecular formula is C9H11N3O2Se. The molecule has 2 rings (SSSR count). The maximum absolute atomic E-state index is 11.5. The molecule has 0 saturated heterocycles. The molecule has 0 bridgehead atoms. The Labute approximate surface area is 92.8 Å². The van der Waals surface area contributed by atoms with E-state index in [2.05, 4.69) is 4.98 Å². The van der Waals surface area contributed by atoms with Crippen molar-refractivity contribution in [2.24, 2.45) is 0 Å². The van der Waals surface area contributed by atoms with Crippen LogP contribution < -0.4 is 11.4 Å². The van der Waals surface area contributed by atoms with Crippen LogP contribution in [0.5, 0.6) is 0 Å². The van der Waals surface area contributed by atoms with E-state index >= 15 is 0 Å². The van der Waals surface area contributed by atoms with Crippen molar-refractivity contribution in [3.05, 3.63) is 34.9 Å². The third-order valence-electron chi connectivity index (χ3n) is 2.11. The van der Waals surface area contributed by atoms with Gasteiger partial charge in [-0.1, -0.05) is 0 Å². The van der Waals surface area contributed by atoms with Crippen molar-refractivity contribution in [1.82, 2.24) is 9.55 Å². The molecule has 2 heterocycles. The summed E-state index contributed by atoms with van der Waals surface area (Å²) in [6.07, 6.45) is 5.55. The van der Waals surface area contributed by atoms with Gasteiger partial charge in [-0.05, 0) is 0 Å². The second-order valence-corrected chi connectivity index (χ2v) is 6.03. The number of aromatic nitrogens is 2. The molecule has 5 nitrogen and oxygen atoms in total. The first kappa shape index (κ1) is 10.4. The molecule has 0 spiro atoms. The van der Waals surface area contributed by atoms with Gasteiger partial charge < -0.3 is 0 Å². The number of anilines is 1. The fourth-order valence-corrected chi connectivity index (χ4v) is 3.68. The fourth-order valence-electron chi connectivity index (χ4n) is 1.37. The Morgan fingerprint density at radius 3 is 3.00 bits per heavy atom. The fraction of sp³-hybridized carbons (Fsp3) is 0.333. The Balaban J connectivity index is 2.25. The van der Waals surface area contributed by atoms with E-state index in [1.807, 2.05) is 12.2 Å². The van der Waals surface area contributed by atoms with E-state index in [0.717, 1.165) is 0 Å².